The summed E-state index contributed by atoms with van der Waals surface area (Å²) in [5.74, 6) is 1.02. The molecule has 0 bridgehead atoms. The van der Waals surface area contributed by atoms with Crippen LogP contribution in [0.25, 0.3) is 0 Å². The highest BCUT2D eigenvalue weighted by atomic mass is 16.5. The van der Waals surface area contributed by atoms with Crippen LogP contribution in [0.1, 0.15) is 78.1 Å². The molecule has 1 unspecified atom stereocenters. The highest BCUT2D eigenvalue weighted by Crippen LogP contribution is 2.70. The Morgan fingerprint density at radius 2 is 1.84 bits per heavy atom. The van der Waals surface area contributed by atoms with Gasteiger partial charge in [0, 0.05) is 17.9 Å². The van der Waals surface area contributed by atoms with E-state index in [-0.39, 0.29) is 41.7 Å². The molecule has 4 N–H and O–H groups in total. The molecule has 180 valence electrons. The average molecular weight is 449 g/mol. The molecule has 0 radical (unpaired) electrons. The Morgan fingerprint density at radius 1 is 1.06 bits per heavy atom. The highest BCUT2D eigenvalue weighted by Gasteiger charge is 2.68. The summed E-state index contributed by atoms with van der Waals surface area (Å²) in [5, 5.41) is 42.6. The van der Waals surface area contributed by atoms with Crippen molar-refractivity contribution in [2.45, 2.75) is 95.4 Å². The van der Waals surface area contributed by atoms with E-state index in [0.29, 0.717) is 31.3 Å². The maximum Gasteiger partial charge on any atom is 0.331 e. The van der Waals surface area contributed by atoms with Gasteiger partial charge in [-0.3, -0.25) is 0 Å². The van der Waals surface area contributed by atoms with Gasteiger partial charge in [0.15, 0.2) is 0 Å². The Balaban J connectivity index is 1.38. The number of hydrogen-bond acceptors (Lipinski definition) is 6. The van der Waals surface area contributed by atoms with Crippen molar-refractivity contribution in [2.75, 3.05) is 13.2 Å². The minimum absolute atomic E-state index is 0.0835. The molecule has 32 heavy (non-hydrogen) atoms. The first-order valence-electron chi connectivity index (χ1n) is 12.7. The van der Waals surface area contributed by atoms with Gasteiger partial charge in [-0.15, -0.1) is 0 Å². The maximum absolute atomic E-state index is 12.3. The van der Waals surface area contributed by atoms with E-state index in [0.717, 1.165) is 50.5 Å². The lowest BCUT2D eigenvalue weighted by Gasteiger charge is -2.64. The summed E-state index contributed by atoms with van der Waals surface area (Å²) in [6.45, 7) is 4.69. The van der Waals surface area contributed by atoms with Gasteiger partial charge in [-0.2, -0.15) is 0 Å². The van der Waals surface area contributed by atoms with Crippen LogP contribution >= 0.6 is 0 Å². The molecule has 6 heteroatoms. The van der Waals surface area contributed by atoms with Crippen LogP contribution in [0.4, 0.5) is 0 Å². The molecular formula is C26H40O6. The minimum Gasteiger partial charge on any atom is -0.458 e. The van der Waals surface area contributed by atoms with Crippen LogP contribution < -0.4 is 0 Å². The van der Waals surface area contributed by atoms with E-state index >= 15 is 0 Å². The van der Waals surface area contributed by atoms with Crippen molar-refractivity contribution in [3.05, 3.63) is 11.6 Å². The number of esters is 1. The number of carbonyl (C=O) groups excluding carboxylic acids is 1. The molecule has 1 aliphatic heterocycles. The third kappa shape index (κ3) is 3.16. The number of fused-ring (bicyclic) bond motifs is 5. The fourth-order valence-corrected chi connectivity index (χ4v) is 9.16. The van der Waals surface area contributed by atoms with Gasteiger partial charge in [0.2, 0.25) is 0 Å². The number of aliphatic hydroxyl groups is 4. The number of hydrogen-bond donors (Lipinski definition) is 4. The van der Waals surface area contributed by atoms with Crippen molar-refractivity contribution in [3.8, 4) is 0 Å². The third-order valence-electron chi connectivity index (χ3n) is 11.0. The number of cyclic esters (lactones) is 1. The van der Waals surface area contributed by atoms with Crippen molar-refractivity contribution < 1.29 is 30.0 Å². The van der Waals surface area contributed by atoms with Crippen LogP contribution in [-0.4, -0.2) is 56.9 Å². The molecular weight excluding hydrogens is 408 g/mol. The van der Waals surface area contributed by atoms with Crippen LogP contribution in [0, 0.1) is 34.5 Å². The van der Waals surface area contributed by atoms with E-state index in [2.05, 4.69) is 13.8 Å². The molecule has 5 aliphatic rings. The standard InChI is InChI=1S/C26H40O6/c1-23-9-10-25(30,13-18(28)14-27)12-17(23)3-4-21-20(23)5-7-24(2)19(6-8-26(21,24)31)16-11-22(29)32-15-16/h11,17-21,27-28,30-31H,3-10,12-15H2,1-2H3/t17-,18?,19-,20+,21-,23+,24-,25-,26+/m1/s1. The van der Waals surface area contributed by atoms with E-state index in [1.54, 1.807) is 6.08 Å². The predicted octanol–water partition coefficient (Wildman–Crippen LogP) is 2.72. The highest BCUT2D eigenvalue weighted by molar-refractivity contribution is 5.85. The minimum atomic E-state index is -0.904. The van der Waals surface area contributed by atoms with Gasteiger partial charge >= 0.3 is 5.97 Å². The molecule has 0 aromatic heterocycles. The van der Waals surface area contributed by atoms with Crippen molar-refractivity contribution in [1.82, 2.24) is 0 Å². The quantitative estimate of drug-likeness (QED) is 0.493. The van der Waals surface area contributed by atoms with E-state index < -0.39 is 17.3 Å². The smallest absolute Gasteiger partial charge is 0.331 e. The summed E-state index contributed by atoms with van der Waals surface area (Å²) in [6.07, 6.45) is 8.94. The first-order valence-corrected chi connectivity index (χ1v) is 12.7. The first kappa shape index (κ1) is 22.8. The zero-order valence-corrected chi connectivity index (χ0v) is 19.6. The topological polar surface area (TPSA) is 107 Å². The largest absolute Gasteiger partial charge is 0.458 e. The summed E-state index contributed by atoms with van der Waals surface area (Å²) in [7, 11) is 0. The fourth-order valence-electron chi connectivity index (χ4n) is 9.16. The van der Waals surface area contributed by atoms with Crippen LogP contribution in [0.3, 0.4) is 0 Å². The Bertz CT molecular complexity index is 810. The molecule has 4 aliphatic carbocycles. The Kier molecular flexibility index (Phi) is 5.37. The Hall–Kier alpha value is -0.950. The van der Waals surface area contributed by atoms with Crippen LogP contribution in [-0.2, 0) is 9.53 Å². The summed E-state index contributed by atoms with van der Waals surface area (Å²) < 4.78 is 5.21. The molecule has 0 aromatic carbocycles. The van der Waals surface area contributed by atoms with E-state index in [1.165, 1.54) is 0 Å². The lowest BCUT2D eigenvalue weighted by atomic mass is 9.42. The molecule has 0 aromatic rings. The summed E-state index contributed by atoms with van der Waals surface area (Å²) in [6, 6.07) is 0. The normalized spacial score (nSPS) is 51.3. The maximum atomic E-state index is 12.3. The second-order valence-electron chi connectivity index (χ2n) is 12.3. The van der Waals surface area contributed by atoms with Gasteiger partial charge in [-0.05, 0) is 92.4 Å². The number of rotatable bonds is 4. The zero-order chi connectivity index (χ0) is 22.9. The third-order valence-corrected chi connectivity index (χ3v) is 11.0. The van der Waals surface area contributed by atoms with Crippen molar-refractivity contribution in [1.29, 1.82) is 0 Å². The molecule has 4 saturated carbocycles. The average Bonchev–Trinajstić information content (AvgIpc) is 3.28. The molecule has 1 heterocycles. The van der Waals surface area contributed by atoms with E-state index in [4.69, 9.17) is 4.74 Å². The number of aliphatic hydroxyl groups excluding tert-OH is 2. The van der Waals surface area contributed by atoms with Gasteiger partial charge < -0.3 is 25.2 Å². The molecule has 0 spiro atoms. The van der Waals surface area contributed by atoms with Gasteiger partial charge in [0.25, 0.3) is 0 Å². The van der Waals surface area contributed by atoms with Gasteiger partial charge in [-0.1, -0.05) is 13.8 Å². The first-order chi connectivity index (χ1) is 15.0. The second kappa shape index (κ2) is 7.53. The summed E-state index contributed by atoms with van der Waals surface area (Å²) >= 11 is 0. The van der Waals surface area contributed by atoms with Gasteiger partial charge in [-0.25, -0.2) is 4.79 Å². The fraction of sp³-hybridized carbons (Fsp3) is 0.885. The van der Waals surface area contributed by atoms with Crippen LogP contribution in [0.2, 0.25) is 0 Å². The second-order valence-corrected chi connectivity index (χ2v) is 12.3. The van der Waals surface area contributed by atoms with Crippen molar-refractivity contribution in [2.24, 2.45) is 34.5 Å². The predicted molar refractivity (Wildman–Crippen MR) is 118 cm³/mol. The lowest BCUT2D eigenvalue weighted by molar-refractivity contribution is -0.217. The van der Waals surface area contributed by atoms with Gasteiger partial charge in [0.1, 0.15) is 6.61 Å². The van der Waals surface area contributed by atoms with E-state index in [9.17, 15) is 25.2 Å². The van der Waals surface area contributed by atoms with Crippen molar-refractivity contribution in [3.63, 3.8) is 0 Å². The van der Waals surface area contributed by atoms with Crippen molar-refractivity contribution >= 4 is 5.97 Å². The molecule has 0 saturated heterocycles. The van der Waals surface area contributed by atoms with E-state index in [1.807, 2.05) is 0 Å². The summed E-state index contributed by atoms with van der Waals surface area (Å²) in [5.41, 5.74) is -0.698. The number of carbonyl (C=O) groups is 1. The van der Waals surface area contributed by atoms with Gasteiger partial charge in [0.05, 0.1) is 23.9 Å². The zero-order valence-electron chi connectivity index (χ0n) is 19.6. The molecule has 9 atom stereocenters. The Labute approximate surface area is 191 Å². The number of ether oxygens (including phenoxy) is 1. The van der Waals surface area contributed by atoms with Crippen LogP contribution in [0.5, 0.6) is 0 Å². The monoisotopic (exact) mass is 448 g/mol. The molecule has 6 nitrogen and oxygen atoms in total. The molecule has 4 fully saturated rings. The van der Waals surface area contributed by atoms with Crippen LogP contribution in [0.15, 0.2) is 11.6 Å². The molecule has 0 amide bonds. The lowest BCUT2D eigenvalue weighted by Crippen LogP contribution is -2.63. The Morgan fingerprint density at radius 3 is 2.53 bits per heavy atom. The SMILES string of the molecule is C[C@]12CC[C@](O)(CC(O)CO)C[C@H]1CC[C@@H]1[C@@H]2CC[C@]2(C)[C@@H](C3=CC(=O)OC3)CC[C@]12O. The summed E-state index contributed by atoms with van der Waals surface area (Å²) in [4.78, 5) is 11.7. The molecule has 5 rings (SSSR count).